The van der Waals surface area contributed by atoms with Crippen LogP contribution in [0.15, 0.2) is 24.3 Å². The Kier molecular flexibility index (Phi) is 11.2. The molecule has 0 amide bonds. The summed E-state index contributed by atoms with van der Waals surface area (Å²) < 4.78 is 5.95. The summed E-state index contributed by atoms with van der Waals surface area (Å²) >= 11 is 0. The first-order chi connectivity index (χ1) is 13.4. The number of tetrazole rings is 1. The summed E-state index contributed by atoms with van der Waals surface area (Å²) in [5.41, 5.74) is 0.914. The molecule has 0 aliphatic rings. The fraction of sp³-hybridized carbons (Fsp3) is 0.682. The van der Waals surface area contributed by atoms with Crippen molar-refractivity contribution in [3.8, 4) is 17.1 Å². The van der Waals surface area contributed by atoms with Gasteiger partial charge in [0.15, 0.2) is 5.82 Å². The van der Waals surface area contributed by atoms with Crippen molar-refractivity contribution in [3.05, 3.63) is 24.3 Å². The Morgan fingerprint density at radius 3 is 1.96 bits per heavy atom. The molecule has 5 heteroatoms. The van der Waals surface area contributed by atoms with E-state index in [-0.39, 0.29) is 0 Å². The molecule has 2 rings (SSSR count). The van der Waals surface area contributed by atoms with Gasteiger partial charge in [-0.25, -0.2) is 5.10 Å². The number of rotatable bonds is 16. The van der Waals surface area contributed by atoms with Crippen molar-refractivity contribution in [2.75, 3.05) is 6.61 Å². The predicted molar refractivity (Wildman–Crippen MR) is 111 cm³/mol. The number of aromatic amines is 1. The molecule has 0 saturated heterocycles. The van der Waals surface area contributed by atoms with Crippen LogP contribution in [0.1, 0.15) is 90.4 Å². The Bertz CT molecular complexity index is 586. The van der Waals surface area contributed by atoms with E-state index < -0.39 is 0 Å². The topological polar surface area (TPSA) is 63.7 Å². The molecule has 27 heavy (non-hydrogen) atoms. The first-order valence-corrected chi connectivity index (χ1v) is 10.9. The van der Waals surface area contributed by atoms with Gasteiger partial charge in [-0.15, -0.1) is 5.10 Å². The summed E-state index contributed by atoms with van der Waals surface area (Å²) in [7, 11) is 0. The minimum atomic E-state index is 0.649. The van der Waals surface area contributed by atoms with E-state index in [0.29, 0.717) is 5.82 Å². The highest BCUT2D eigenvalue weighted by Gasteiger charge is 2.08. The molecule has 1 N–H and O–H groups in total. The van der Waals surface area contributed by atoms with Crippen LogP contribution in [-0.2, 0) is 0 Å². The van der Waals surface area contributed by atoms with E-state index in [1.54, 1.807) is 0 Å². The average molecular weight is 373 g/mol. The molecule has 0 radical (unpaired) electrons. The van der Waals surface area contributed by atoms with Gasteiger partial charge in [0, 0.05) is 0 Å². The lowest BCUT2D eigenvalue weighted by atomic mass is 10.0. The molecule has 0 aliphatic carbocycles. The number of ether oxygens (including phenoxy) is 1. The number of unbranched alkanes of at least 4 members (excludes halogenated alkanes) is 12. The van der Waals surface area contributed by atoms with Gasteiger partial charge < -0.3 is 4.74 Å². The minimum Gasteiger partial charge on any atom is -0.493 e. The minimum absolute atomic E-state index is 0.649. The smallest absolute Gasteiger partial charge is 0.183 e. The molecule has 0 atom stereocenters. The second-order valence-corrected chi connectivity index (χ2v) is 7.34. The van der Waals surface area contributed by atoms with Gasteiger partial charge >= 0.3 is 0 Å². The van der Waals surface area contributed by atoms with Crippen molar-refractivity contribution >= 4 is 0 Å². The number of nitrogens with one attached hydrogen (secondary N) is 1. The first kappa shape index (κ1) is 21.4. The van der Waals surface area contributed by atoms with Gasteiger partial charge in [-0.1, -0.05) is 96.1 Å². The van der Waals surface area contributed by atoms with Crippen molar-refractivity contribution in [1.29, 1.82) is 0 Å². The molecule has 1 heterocycles. The summed E-state index contributed by atoms with van der Waals surface area (Å²) in [6, 6.07) is 7.89. The lowest BCUT2D eigenvalue weighted by Gasteiger charge is -2.09. The molecule has 0 fully saturated rings. The summed E-state index contributed by atoms with van der Waals surface area (Å²) in [6.07, 6.45) is 17.7. The maximum atomic E-state index is 5.95. The fourth-order valence-corrected chi connectivity index (χ4v) is 3.36. The molecule has 0 bridgehead atoms. The van der Waals surface area contributed by atoms with Crippen molar-refractivity contribution in [1.82, 2.24) is 20.6 Å². The van der Waals surface area contributed by atoms with Gasteiger partial charge in [-0.2, -0.15) is 0 Å². The number of H-pyrrole nitrogens is 1. The van der Waals surface area contributed by atoms with Crippen LogP contribution in [0.2, 0.25) is 0 Å². The Morgan fingerprint density at radius 1 is 0.778 bits per heavy atom. The average Bonchev–Trinajstić information content (AvgIpc) is 3.23. The molecule has 1 aromatic heterocycles. The van der Waals surface area contributed by atoms with Gasteiger partial charge in [0.05, 0.1) is 12.2 Å². The first-order valence-electron chi connectivity index (χ1n) is 10.9. The number of para-hydroxylation sites is 1. The van der Waals surface area contributed by atoms with E-state index in [0.717, 1.165) is 24.3 Å². The monoisotopic (exact) mass is 372 g/mol. The van der Waals surface area contributed by atoms with Crippen LogP contribution < -0.4 is 4.74 Å². The normalized spacial score (nSPS) is 11.0. The summed E-state index contributed by atoms with van der Waals surface area (Å²) in [5.74, 6) is 1.49. The molecule has 0 saturated carbocycles. The van der Waals surface area contributed by atoms with Crippen LogP contribution in [0.25, 0.3) is 11.4 Å². The molecule has 2 aromatic rings. The van der Waals surface area contributed by atoms with E-state index >= 15 is 0 Å². The molecular weight excluding hydrogens is 336 g/mol. The van der Waals surface area contributed by atoms with Crippen LogP contribution in [0.5, 0.6) is 5.75 Å². The highest BCUT2D eigenvalue weighted by molar-refractivity contribution is 5.63. The zero-order valence-corrected chi connectivity index (χ0v) is 17.0. The Morgan fingerprint density at radius 2 is 1.37 bits per heavy atom. The van der Waals surface area contributed by atoms with Gasteiger partial charge in [-0.05, 0) is 29.0 Å². The third-order valence-corrected chi connectivity index (χ3v) is 4.99. The zero-order chi connectivity index (χ0) is 19.0. The number of nitrogens with zero attached hydrogens (tertiary/aromatic N) is 3. The van der Waals surface area contributed by atoms with Crippen LogP contribution >= 0.6 is 0 Å². The van der Waals surface area contributed by atoms with E-state index in [1.165, 1.54) is 77.0 Å². The zero-order valence-electron chi connectivity index (χ0n) is 17.0. The third kappa shape index (κ3) is 9.03. The lowest BCUT2D eigenvalue weighted by molar-refractivity contribution is 0.305. The molecule has 0 spiro atoms. The van der Waals surface area contributed by atoms with Crippen LogP contribution in [0, 0.1) is 0 Å². The third-order valence-electron chi connectivity index (χ3n) is 4.99. The molecule has 1 aromatic carbocycles. The second-order valence-electron chi connectivity index (χ2n) is 7.34. The van der Waals surface area contributed by atoms with Gasteiger partial charge in [0.1, 0.15) is 5.75 Å². The standard InChI is InChI=1S/C22H36N4O/c1-2-3-4-5-6-7-8-9-10-11-12-13-16-19-27-21-18-15-14-17-20(21)22-23-25-26-24-22/h14-15,17-18H,2-13,16,19H2,1H3,(H,23,24,25,26). The maximum absolute atomic E-state index is 5.95. The summed E-state index contributed by atoms with van der Waals surface area (Å²) in [6.45, 7) is 3.03. The van der Waals surface area contributed by atoms with Gasteiger partial charge in [-0.3, -0.25) is 0 Å². The number of aromatic nitrogens is 4. The SMILES string of the molecule is CCCCCCCCCCCCCCCOc1ccccc1-c1nnn[nH]1. The van der Waals surface area contributed by atoms with Crippen molar-refractivity contribution in [2.45, 2.75) is 90.4 Å². The van der Waals surface area contributed by atoms with Crippen molar-refractivity contribution in [3.63, 3.8) is 0 Å². The van der Waals surface area contributed by atoms with Gasteiger partial charge in [0.25, 0.3) is 0 Å². The largest absolute Gasteiger partial charge is 0.493 e. The summed E-state index contributed by atoms with van der Waals surface area (Å²) in [5, 5.41) is 14.0. The highest BCUT2D eigenvalue weighted by Crippen LogP contribution is 2.26. The molecule has 5 nitrogen and oxygen atoms in total. The van der Waals surface area contributed by atoms with E-state index in [4.69, 9.17) is 4.74 Å². The predicted octanol–water partition coefficient (Wildman–Crippen LogP) is 6.34. The van der Waals surface area contributed by atoms with E-state index in [2.05, 4.69) is 27.5 Å². The molecule has 0 aliphatic heterocycles. The fourth-order valence-electron chi connectivity index (χ4n) is 3.36. The second kappa shape index (κ2) is 14.2. The quantitative estimate of drug-likeness (QED) is 0.349. The van der Waals surface area contributed by atoms with Gasteiger partial charge in [0.2, 0.25) is 0 Å². The lowest BCUT2D eigenvalue weighted by Crippen LogP contribution is -1.99. The Balaban J connectivity index is 1.45. The Hall–Kier alpha value is -1.91. The van der Waals surface area contributed by atoms with E-state index in [9.17, 15) is 0 Å². The number of hydrogen-bond donors (Lipinski definition) is 1. The van der Waals surface area contributed by atoms with Crippen LogP contribution in [0.3, 0.4) is 0 Å². The molecular formula is C22H36N4O. The molecule has 0 unspecified atom stereocenters. The van der Waals surface area contributed by atoms with E-state index in [1.807, 2.05) is 24.3 Å². The Labute approximate surface area is 164 Å². The van der Waals surface area contributed by atoms with Crippen molar-refractivity contribution in [2.24, 2.45) is 0 Å². The number of hydrogen-bond acceptors (Lipinski definition) is 4. The summed E-state index contributed by atoms with van der Waals surface area (Å²) in [4.78, 5) is 0. The molecule has 150 valence electrons. The van der Waals surface area contributed by atoms with Crippen LogP contribution in [-0.4, -0.2) is 27.2 Å². The number of benzene rings is 1. The maximum Gasteiger partial charge on any atom is 0.183 e. The van der Waals surface area contributed by atoms with Crippen molar-refractivity contribution < 1.29 is 4.74 Å². The highest BCUT2D eigenvalue weighted by atomic mass is 16.5. The van der Waals surface area contributed by atoms with Crippen LogP contribution in [0.4, 0.5) is 0 Å².